The third-order valence-electron chi connectivity index (χ3n) is 4.35. The molecule has 118 valence electrons. The summed E-state index contributed by atoms with van der Waals surface area (Å²) in [7, 11) is 1.85. The zero-order chi connectivity index (χ0) is 16.6. The fourth-order valence-electron chi connectivity index (χ4n) is 3.02. The Morgan fingerprint density at radius 1 is 1.13 bits per heavy atom. The molecule has 1 aliphatic rings. The quantitative estimate of drug-likeness (QED) is 0.718. The van der Waals surface area contributed by atoms with Crippen molar-refractivity contribution >= 4 is 34.7 Å². The van der Waals surface area contributed by atoms with Gasteiger partial charge in [0.2, 0.25) is 5.91 Å². The minimum atomic E-state index is 0.0650. The largest absolute Gasteiger partial charge is 0.339 e. The van der Waals surface area contributed by atoms with Crippen LogP contribution in [0.5, 0.6) is 0 Å². The van der Waals surface area contributed by atoms with E-state index in [1.54, 1.807) is 11.8 Å². The summed E-state index contributed by atoms with van der Waals surface area (Å²) in [5, 5.41) is 1.10. The summed E-state index contributed by atoms with van der Waals surface area (Å²) in [6.07, 6.45) is 2.95. The topological polar surface area (TPSA) is 20.3 Å². The van der Waals surface area contributed by atoms with Crippen molar-refractivity contribution in [1.29, 1.82) is 0 Å². The lowest BCUT2D eigenvalue weighted by atomic mass is 9.83. The fourth-order valence-corrected chi connectivity index (χ4v) is 3.32. The summed E-state index contributed by atoms with van der Waals surface area (Å²) >= 11 is 12.2. The molecule has 0 radical (unpaired) electrons. The molecule has 1 aliphatic carbocycles. The van der Waals surface area contributed by atoms with Gasteiger partial charge in [-0.2, -0.15) is 0 Å². The van der Waals surface area contributed by atoms with Crippen LogP contribution in [0.25, 0.3) is 5.57 Å². The molecular weight excluding hydrogens is 329 g/mol. The number of halogens is 2. The molecular formula is C19H17Cl2NO. The fraction of sp³-hybridized carbons (Fsp3) is 0.211. The van der Waals surface area contributed by atoms with Crippen LogP contribution in [0.3, 0.4) is 0 Å². The molecule has 1 atom stereocenters. The van der Waals surface area contributed by atoms with Gasteiger partial charge >= 0.3 is 0 Å². The predicted molar refractivity (Wildman–Crippen MR) is 95.8 cm³/mol. The van der Waals surface area contributed by atoms with Crippen LogP contribution in [-0.2, 0) is 4.79 Å². The smallest absolute Gasteiger partial charge is 0.219 e. The molecule has 23 heavy (non-hydrogen) atoms. The van der Waals surface area contributed by atoms with Crippen molar-refractivity contribution in [1.82, 2.24) is 4.90 Å². The Balaban J connectivity index is 2.08. The monoisotopic (exact) mass is 345 g/mol. The zero-order valence-electron chi connectivity index (χ0n) is 13.0. The Hall–Kier alpha value is -1.77. The Kier molecular flexibility index (Phi) is 4.47. The van der Waals surface area contributed by atoms with Crippen LogP contribution in [0.15, 0.2) is 48.5 Å². The number of fused-ring (bicyclic) bond motifs is 1. The molecule has 0 spiro atoms. The molecule has 2 aromatic rings. The molecule has 0 saturated heterocycles. The van der Waals surface area contributed by atoms with Crippen molar-refractivity contribution < 1.29 is 4.79 Å². The highest BCUT2D eigenvalue weighted by Gasteiger charge is 2.26. The molecule has 2 nitrogen and oxygen atoms in total. The second-order valence-corrected chi connectivity index (χ2v) is 6.53. The Labute approximate surface area is 146 Å². The number of nitrogens with zero attached hydrogens (tertiary/aromatic N) is 1. The van der Waals surface area contributed by atoms with E-state index in [0.29, 0.717) is 10.0 Å². The average molecular weight is 346 g/mol. The van der Waals surface area contributed by atoms with Gasteiger partial charge in [0.15, 0.2) is 0 Å². The summed E-state index contributed by atoms with van der Waals surface area (Å²) in [5.41, 5.74) is 4.46. The van der Waals surface area contributed by atoms with E-state index >= 15 is 0 Å². The normalized spacial score (nSPS) is 16.5. The van der Waals surface area contributed by atoms with Gasteiger partial charge in [0.25, 0.3) is 0 Å². The minimum Gasteiger partial charge on any atom is -0.339 e. The van der Waals surface area contributed by atoms with Crippen molar-refractivity contribution in [2.24, 2.45) is 0 Å². The van der Waals surface area contributed by atoms with Crippen LogP contribution in [-0.4, -0.2) is 17.9 Å². The second kappa shape index (κ2) is 6.38. The van der Waals surface area contributed by atoms with Crippen molar-refractivity contribution in [3.8, 4) is 0 Å². The third-order valence-corrected chi connectivity index (χ3v) is 5.09. The first-order valence-corrected chi connectivity index (χ1v) is 8.23. The van der Waals surface area contributed by atoms with Crippen LogP contribution in [0, 0.1) is 0 Å². The van der Waals surface area contributed by atoms with E-state index in [2.05, 4.69) is 18.2 Å². The summed E-state index contributed by atoms with van der Waals surface area (Å²) in [4.78, 5) is 13.6. The Bertz CT molecular complexity index is 798. The van der Waals surface area contributed by atoms with Gasteiger partial charge < -0.3 is 4.90 Å². The van der Waals surface area contributed by atoms with Crippen LogP contribution in [0.4, 0.5) is 0 Å². The van der Waals surface area contributed by atoms with E-state index in [9.17, 15) is 4.79 Å². The average Bonchev–Trinajstić information content (AvgIpc) is 2.55. The summed E-state index contributed by atoms with van der Waals surface area (Å²) in [5.74, 6) is 0.0659. The van der Waals surface area contributed by atoms with Crippen LogP contribution in [0.2, 0.25) is 10.0 Å². The number of carbonyl (C=O) groups excluding carboxylic acids is 1. The standard InChI is InChI=1S/C19H17Cl2NO/c1-12(23)22(2)19-10-8-14(15-5-3-4-6-16(15)19)13-7-9-17(20)18(21)11-13/h3-9,11,19H,10H2,1-2H3. The van der Waals surface area contributed by atoms with E-state index in [4.69, 9.17) is 23.2 Å². The van der Waals surface area contributed by atoms with Gasteiger partial charge in [0, 0.05) is 14.0 Å². The van der Waals surface area contributed by atoms with E-state index in [1.165, 1.54) is 0 Å². The molecule has 0 bridgehead atoms. The van der Waals surface area contributed by atoms with Crippen molar-refractivity contribution in [2.45, 2.75) is 19.4 Å². The first-order chi connectivity index (χ1) is 11.0. The Morgan fingerprint density at radius 2 is 1.87 bits per heavy atom. The lowest BCUT2D eigenvalue weighted by Gasteiger charge is -2.32. The Morgan fingerprint density at radius 3 is 2.57 bits per heavy atom. The molecule has 0 N–H and O–H groups in total. The first-order valence-electron chi connectivity index (χ1n) is 7.47. The number of hydrogen-bond acceptors (Lipinski definition) is 1. The molecule has 4 heteroatoms. The van der Waals surface area contributed by atoms with E-state index in [-0.39, 0.29) is 11.9 Å². The molecule has 1 amide bonds. The molecule has 2 aromatic carbocycles. The number of amides is 1. The molecule has 1 unspecified atom stereocenters. The molecule has 0 aromatic heterocycles. The highest BCUT2D eigenvalue weighted by molar-refractivity contribution is 6.42. The second-order valence-electron chi connectivity index (χ2n) is 5.72. The van der Waals surface area contributed by atoms with Gasteiger partial charge in [-0.15, -0.1) is 0 Å². The van der Waals surface area contributed by atoms with Crippen molar-refractivity contribution in [3.63, 3.8) is 0 Å². The van der Waals surface area contributed by atoms with Crippen molar-refractivity contribution in [3.05, 3.63) is 75.3 Å². The van der Waals surface area contributed by atoms with Crippen LogP contribution < -0.4 is 0 Å². The molecule has 0 saturated carbocycles. The van der Waals surface area contributed by atoms with E-state index in [0.717, 1.165) is 28.7 Å². The summed E-state index contributed by atoms with van der Waals surface area (Å²) in [6.45, 7) is 1.60. The maximum atomic E-state index is 11.8. The minimum absolute atomic E-state index is 0.0650. The third kappa shape index (κ3) is 3.01. The zero-order valence-corrected chi connectivity index (χ0v) is 14.5. The van der Waals surface area contributed by atoms with Gasteiger partial charge in [-0.1, -0.05) is 59.6 Å². The maximum Gasteiger partial charge on any atom is 0.219 e. The number of hydrogen-bond donors (Lipinski definition) is 0. The summed E-state index contributed by atoms with van der Waals surface area (Å²) < 4.78 is 0. The molecule has 0 fully saturated rings. The number of carbonyl (C=O) groups is 1. The van der Waals surface area contributed by atoms with Crippen molar-refractivity contribution in [2.75, 3.05) is 7.05 Å². The van der Waals surface area contributed by atoms with Gasteiger partial charge in [0.1, 0.15) is 0 Å². The summed E-state index contributed by atoms with van der Waals surface area (Å²) in [6, 6.07) is 13.9. The van der Waals surface area contributed by atoms with Gasteiger partial charge in [-0.25, -0.2) is 0 Å². The highest BCUT2D eigenvalue weighted by atomic mass is 35.5. The van der Waals surface area contributed by atoms with Gasteiger partial charge in [0.05, 0.1) is 16.1 Å². The lowest BCUT2D eigenvalue weighted by molar-refractivity contribution is -0.129. The number of benzene rings is 2. The molecule has 3 rings (SSSR count). The molecule has 0 aliphatic heterocycles. The van der Waals surface area contributed by atoms with E-state index < -0.39 is 0 Å². The predicted octanol–water partition coefficient (Wildman–Crippen LogP) is 5.35. The SMILES string of the molecule is CC(=O)N(C)C1CC=C(c2ccc(Cl)c(Cl)c2)c2ccccc21. The van der Waals surface area contributed by atoms with Crippen LogP contribution in [0.1, 0.15) is 36.1 Å². The maximum absolute atomic E-state index is 11.8. The first kappa shape index (κ1) is 16.1. The van der Waals surface area contributed by atoms with Gasteiger partial charge in [-0.05, 0) is 40.8 Å². The molecule has 0 heterocycles. The van der Waals surface area contributed by atoms with Crippen LogP contribution >= 0.6 is 23.2 Å². The highest BCUT2D eigenvalue weighted by Crippen LogP contribution is 2.40. The number of rotatable bonds is 2. The van der Waals surface area contributed by atoms with E-state index in [1.807, 2.05) is 37.4 Å². The van der Waals surface area contributed by atoms with Gasteiger partial charge in [-0.3, -0.25) is 4.79 Å². The lowest BCUT2D eigenvalue weighted by Crippen LogP contribution is -2.30.